The van der Waals surface area contributed by atoms with Crippen LogP contribution in [-0.2, 0) is 6.54 Å². The summed E-state index contributed by atoms with van der Waals surface area (Å²) in [5.41, 5.74) is 2.71. The van der Waals surface area contributed by atoms with Gasteiger partial charge in [0.1, 0.15) is 0 Å². The average Bonchev–Trinajstić information content (AvgIpc) is 2.72. The highest BCUT2D eigenvalue weighted by atomic mass is 127. The normalized spacial score (nSPS) is 11.9. The molecule has 2 aromatic carbocycles. The van der Waals surface area contributed by atoms with E-state index in [1.165, 1.54) is 35.4 Å². The summed E-state index contributed by atoms with van der Waals surface area (Å²) in [6.45, 7) is 2.19. The van der Waals surface area contributed by atoms with Gasteiger partial charge in [-0.05, 0) is 109 Å². The number of fused-ring (bicyclic) bond motifs is 3. The van der Waals surface area contributed by atoms with E-state index in [-0.39, 0.29) is 0 Å². The second-order valence-electron chi connectivity index (χ2n) is 5.63. The minimum absolute atomic E-state index is 1.07. The summed E-state index contributed by atoms with van der Waals surface area (Å²) in [5, 5.41) is 2.75. The molecule has 0 aliphatic rings. The van der Waals surface area contributed by atoms with Crippen LogP contribution in [0.2, 0.25) is 0 Å². The summed E-state index contributed by atoms with van der Waals surface area (Å²) in [4.78, 5) is 2.25. The van der Waals surface area contributed by atoms with Gasteiger partial charge in [-0.1, -0.05) is 0 Å². The van der Waals surface area contributed by atoms with Crippen molar-refractivity contribution in [3.63, 3.8) is 0 Å². The van der Waals surface area contributed by atoms with Crippen LogP contribution in [0.5, 0.6) is 0 Å². The largest absolute Gasteiger partial charge is 0.340 e. The van der Waals surface area contributed by atoms with Crippen molar-refractivity contribution in [3.8, 4) is 0 Å². The average molecular weight is 504 g/mol. The molecule has 21 heavy (non-hydrogen) atoms. The van der Waals surface area contributed by atoms with Crippen molar-refractivity contribution in [2.45, 2.75) is 13.0 Å². The maximum Gasteiger partial charge on any atom is 0.0492 e. The molecule has 0 fully saturated rings. The van der Waals surface area contributed by atoms with Crippen LogP contribution in [0.4, 0.5) is 0 Å². The maximum atomic E-state index is 2.47. The molecule has 3 rings (SSSR count). The summed E-state index contributed by atoms with van der Waals surface area (Å²) in [5.74, 6) is 0. The highest BCUT2D eigenvalue weighted by molar-refractivity contribution is 14.1. The predicted octanol–water partition coefficient (Wildman–Crippen LogP) is 4.96. The van der Waals surface area contributed by atoms with E-state index < -0.39 is 0 Å². The summed E-state index contributed by atoms with van der Waals surface area (Å²) in [6.07, 6.45) is 1.17. The van der Waals surface area contributed by atoms with Crippen molar-refractivity contribution in [1.82, 2.24) is 9.47 Å². The van der Waals surface area contributed by atoms with Gasteiger partial charge in [0.2, 0.25) is 0 Å². The van der Waals surface area contributed by atoms with Gasteiger partial charge in [0.25, 0.3) is 0 Å². The number of benzene rings is 2. The molecular formula is C17H18I2N2. The van der Waals surface area contributed by atoms with Crippen LogP contribution >= 0.6 is 45.2 Å². The highest BCUT2D eigenvalue weighted by Crippen LogP contribution is 2.31. The number of aromatic nitrogens is 1. The third kappa shape index (κ3) is 3.22. The number of hydrogen-bond acceptors (Lipinski definition) is 1. The summed E-state index contributed by atoms with van der Waals surface area (Å²) in [7, 11) is 4.27. The van der Waals surface area contributed by atoms with Crippen molar-refractivity contribution >= 4 is 67.0 Å². The topological polar surface area (TPSA) is 8.17 Å². The molecule has 2 nitrogen and oxygen atoms in total. The van der Waals surface area contributed by atoms with E-state index in [1.54, 1.807) is 0 Å². The van der Waals surface area contributed by atoms with Crippen molar-refractivity contribution in [3.05, 3.63) is 43.5 Å². The number of nitrogens with zero attached hydrogens (tertiary/aromatic N) is 2. The van der Waals surface area contributed by atoms with E-state index in [1.807, 2.05) is 0 Å². The van der Waals surface area contributed by atoms with Crippen LogP contribution in [0.3, 0.4) is 0 Å². The molecule has 0 bridgehead atoms. The molecule has 0 unspecified atom stereocenters. The smallest absolute Gasteiger partial charge is 0.0492 e. The van der Waals surface area contributed by atoms with Crippen LogP contribution in [0.1, 0.15) is 6.42 Å². The Morgan fingerprint density at radius 3 is 1.90 bits per heavy atom. The maximum absolute atomic E-state index is 2.47. The van der Waals surface area contributed by atoms with Gasteiger partial charge < -0.3 is 9.47 Å². The van der Waals surface area contributed by atoms with E-state index in [9.17, 15) is 0 Å². The van der Waals surface area contributed by atoms with Gasteiger partial charge in [-0.3, -0.25) is 0 Å². The molecule has 3 aromatic rings. The first-order valence-corrected chi connectivity index (χ1v) is 9.24. The third-order valence-electron chi connectivity index (χ3n) is 3.78. The fourth-order valence-corrected chi connectivity index (χ4v) is 3.82. The second-order valence-corrected chi connectivity index (χ2v) is 8.12. The monoisotopic (exact) mass is 504 g/mol. The van der Waals surface area contributed by atoms with Crippen LogP contribution < -0.4 is 0 Å². The Labute approximate surface area is 152 Å². The number of halogens is 2. The van der Waals surface area contributed by atoms with E-state index in [2.05, 4.69) is 105 Å². The van der Waals surface area contributed by atoms with Crippen LogP contribution in [-0.4, -0.2) is 30.1 Å². The lowest BCUT2D eigenvalue weighted by Crippen LogP contribution is -2.15. The summed E-state index contributed by atoms with van der Waals surface area (Å²) < 4.78 is 5.07. The molecule has 0 aliphatic carbocycles. The van der Waals surface area contributed by atoms with Crippen LogP contribution in [0.25, 0.3) is 21.8 Å². The third-order valence-corrected chi connectivity index (χ3v) is 5.12. The van der Waals surface area contributed by atoms with Crippen molar-refractivity contribution in [2.75, 3.05) is 20.6 Å². The fraction of sp³-hybridized carbons (Fsp3) is 0.294. The van der Waals surface area contributed by atoms with Crippen LogP contribution in [0, 0.1) is 7.14 Å². The zero-order valence-electron chi connectivity index (χ0n) is 12.2. The lowest BCUT2D eigenvalue weighted by Gasteiger charge is -2.11. The van der Waals surface area contributed by atoms with Crippen LogP contribution in [0.15, 0.2) is 36.4 Å². The highest BCUT2D eigenvalue weighted by Gasteiger charge is 2.11. The molecule has 110 valence electrons. The first kappa shape index (κ1) is 15.6. The van der Waals surface area contributed by atoms with Gasteiger partial charge in [0.05, 0.1) is 0 Å². The lowest BCUT2D eigenvalue weighted by molar-refractivity contribution is 0.389. The fourth-order valence-electron chi connectivity index (χ4n) is 2.83. The Hall–Kier alpha value is -0.340. The zero-order valence-corrected chi connectivity index (χ0v) is 16.6. The first-order valence-electron chi connectivity index (χ1n) is 7.08. The number of rotatable bonds is 4. The van der Waals surface area contributed by atoms with Gasteiger partial charge in [-0.15, -0.1) is 0 Å². The minimum Gasteiger partial charge on any atom is -0.340 e. The van der Waals surface area contributed by atoms with E-state index in [4.69, 9.17) is 0 Å². The molecule has 0 spiro atoms. The molecule has 4 heteroatoms. The molecule has 0 aliphatic heterocycles. The Bertz CT molecular complexity index is 731. The SMILES string of the molecule is CN(C)CCCn1c2ccc(I)cc2c2cc(I)ccc21. The van der Waals surface area contributed by atoms with Crippen molar-refractivity contribution < 1.29 is 0 Å². The number of aryl methyl sites for hydroxylation is 1. The molecule has 0 radical (unpaired) electrons. The Kier molecular flexibility index (Phi) is 4.75. The second kappa shape index (κ2) is 6.42. The Balaban J connectivity index is 2.15. The molecule has 0 saturated carbocycles. The molecular weight excluding hydrogens is 486 g/mol. The number of hydrogen-bond donors (Lipinski definition) is 0. The molecule has 1 heterocycles. The van der Waals surface area contributed by atoms with Gasteiger partial charge in [0, 0.05) is 35.5 Å². The van der Waals surface area contributed by atoms with E-state index in [0.29, 0.717) is 0 Å². The molecule has 0 N–H and O–H groups in total. The van der Waals surface area contributed by atoms with E-state index >= 15 is 0 Å². The molecule has 0 amide bonds. The minimum atomic E-state index is 1.07. The quantitative estimate of drug-likeness (QED) is 0.457. The predicted molar refractivity (Wildman–Crippen MR) is 108 cm³/mol. The lowest BCUT2D eigenvalue weighted by atomic mass is 10.2. The zero-order chi connectivity index (χ0) is 15.0. The van der Waals surface area contributed by atoms with Gasteiger partial charge in [-0.2, -0.15) is 0 Å². The van der Waals surface area contributed by atoms with Gasteiger partial charge >= 0.3 is 0 Å². The molecule has 0 atom stereocenters. The first-order chi connectivity index (χ1) is 10.1. The Morgan fingerprint density at radius 1 is 0.905 bits per heavy atom. The van der Waals surface area contributed by atoms with Crippen molar-refractivity contribution in [1.29, 1.82) is 0 Å². The summed E-state index contributed by atoms with van der Waals surface area (Å²) >= 11 is 4.80. The van der Waals surface area contributed by atoms with E-state index in [0.717, 1.165) is 13.1 Å². The molecule has 0 saturated heterocycles. The summed E-state index contributed by atoms with van der Waals surface area (Å²) in [6, 6.07) is 13.5. The Morgan fingerprint density at radius 2 is 1.43 bits per heavy atom. The standard InChI is InChI=1S/C17H18I2N2/c1-20(2)8-3-9-21-16-6-4-12(18)10-14(16)15-11-13(19)5-7-17(15)21/h4-7,10-11H,3,8-9H2,1-2H3. The van der Waals surface area contributed by atoms with Gasteiger partial charge in [0.15, 0.2) is 0 Å². The van der Waals surface area contributed by atoms with Crippen molar-refractivity contribution in [2.24, 2.45) is 0 Å². The molecule has 1 aromatic heterocycles. The van der Waals surface area contributed by atoms with Gasteiger partial charge in [-0.25, -0.2) is 0 Å².